The monoisotopic (exact) mass is 1260 g/mol. The Morgan fingerprint density at radius 2 is 1.59 bits per heavy atom. The van der Waals surface area contributed by atoms with Crippen LogP contribution in [0.25, 0.3) is 0 Å². The van der Waals surface area contributed by atoms with Gasteiger partial charge in [0.25, 0.3) is 0 Å². The fourth-order valence-corrected chi connectivity index (χ4v) is 10.3. The van der Waals surface area contributed by atoms with Crippen LogP contribution in [0, 0.1) is 105 Å². The number of thiophene rings is 1. The van der Waals surface area contributed by atoms with Crippen molar-refractivity contribution in [3.8, 4) is 0 Å². The minimum absolute atomic E-state index is 0. The van der Waals surface area contributed by atoms with Crippen LogP contribution in [0.4, 0.5) is 4.79 Å². The maximum absolute atomic E-state index is 14.7. The van der Waals surface area contributed by atoms with Crippen LogP contribution in [-0.4, -0.2) is 104 Å². The Bertz CT molecular complexity index is 2060. The minimum atomic E-state index is -2.30. The summed E-state index contributed by atoms with van der Waals surface area (Å²) < 4.78 is 17.8. The van der Waals surface area contributed by atoms with Gasteiger partial charge in [-0.15, -0.1) is 11.3 Å². The van der Waals surface area contributed by atoms with Gasteiger partial charge < -0.3 is 50.4 Å². The quantitative estimate of drug-likeness (QED) is 0.122. The van der Waals surface area contributed by atoms with Crippen molar-refractivity contribution in [2.45, 2.75) is 101 Å². The SMILES string of the molecule is CC1=C2C(O)C(=O)[C@]3(C)C(O)CC4OCC4(O)C3C(OC(=O)c3ccccc3)C(O)(CC1OC(=O)C(O)C(NC(=O)NCc1ccccc1)c1cccs1)C2(C)C.[Ac].[Ac]. The van der Waals surface area contributed by atoms with Crippen molar-refractivity contribution >= 4 is 35.1 Å². The van der Waals surface area contributed by atoms with E-state index in [1.54, 1.807) is 49.6 Å². The second kappa shape index (κ2) is 18.6. The number of carbonyl (C=O) groups is 4. The van der Waals surface area contributed by atoms with Gasteiger partial charge in [-0.3, -0.25) is 4.79 Å². The number of nitrogens with one attached hydrogen (secondary N) is 2. The number of ether oxygens (including phenoxy) is 3. The summed E-state index contributed by atoms with van der Waals surface area (Å²) in [5, 5.41) is 67.9. The molecule has 2 bridgehead atoms. The van der Waals surface area contributed by atoms with Crippen LogP contribution in [-0.2, 0) is 30.3 Å². The normalized spacial score (nSPS) is 32.7. The molecule has 2 saturated carbocycles. The smallest absolute Gasteiger partial charge is 0.338 e. The van der Waals surface area contributed by atoms with E-state index in [1.165, 1.54) is 37.3 Å². The van der Waals surface area contributed by atoms with Crippen LogP contribution in [0.3, 0.4) is 0 Å². The standard InChI is InChI=1S/C42H48N2O12S.2Ac/c1-22-25(55-37(50)32(47)30(26-16-11-17-57-26)44-38(51)43-20-23-12-7-5-8-13-23)19-42(53)35(56-36(49)24-14-9-6-10-15-24)33-40(4,27(45)18-28-41(33,52)21-54-28)34(48)31(46)29(22)39(42,2)3;;/h5-17,25,27-28,30-33,35,45-47,52-53H,18-21H2,1-4H3,(H2,43,44,51);;/t25?,27?,28?,30?,31?,32?,33?,35?,40-,41?,42?;;/m1../s1. The first-order chi connectivity index (χ1) is 26.9. The fourth-order valence-electron chi connectivity index (χ4n) is 9.47. The predicted molar refractivity (Wildman–Crippen MR) is 204 cm³/mol. The third-order valence-corrected chi connectivity index (χ3v) is 13.8. The van der Waals surface area contributed by atoms with E-state index in [9.17, 15) is 44.7 Å². The zero-order valence-electron chi connectivity index (χ0n) is 33.1. The summed E-state index contributed by atoms with van der Waals surface area (Å²) in [7, 11) is 0. The molecule has 2 radical (unpaired) electrons. The number of esters is 2. The Labute approximate surface area is 417 Å². The maximum atomic E-state index is 14.7. The molecule has 10 unspecified atom stereocenters. The molecule has 3 aliphatic carbocycles. The number of aliphatic hydroxyl groups is 5. The Morgan fingerprint density at radius 1 is 0.949 bits per heavy atom. The Balaban J connectivity index is 0.00000331. The van der Waals surface area contributed by atoms with E-state index in [0.29, 0.717) is 4.88 Å². The van der Waals surface area contributed by atoms with Crippen LogP contribution < -0.4 is 10.6 Å². The van der Waals surface area contributed by atoms with Crippen LogP contribution in [0.2, 0.25) is 0 Å². The van der Waals surface area contributed by atoms with Gasteiger partial charge in [0, 0.05) is 124 Å². The average molecular weight is 1260 g/mol. The van der Waals surface area contributed by atoms with E-state index in [-0.39, 0.29) is 124 Å². The number of carbonyl (C=O) groups excluding carboxylic acids is 4. The number of rotatable bonds is 9. The number of ketones is 1. The van der Waals surface area contributed by atoms with Crippen molar-refractivity contribution in [3.05, 3.63) is 105 Å². The second-order valence-electron chi connectivity index (χ2n) is 16.3. The summed E-state index contributed by atoms with van der Waals surface area (Å²) in [6, 6.07) is 18.4. The largest absolute Gasteiger partial charge is 0.456 e. The molecule has 310 valence electrons. The molecule has 1 aliphatic heterocycles. The molecule has 14 nitrogen and oxygen atoms in total. The van der Waals surface area contributed by atoms with Crippen LogP contribution in [0.1, 0.15) is 67.4 Å². The van der Waals surface area contributed by atoms with Gasteiger partial charge in [-0.2, -0.15) is 0 Å². The van der Waals surface area contributed by atoms with Crippen LogP contribution >= 0.6 is 11.3 Å². The van der Waals surface area contributed by atoms with Gasteiger partial charge in [-0.1, -0.05) is 68.4 Å². The third-order valence-electron chi connectivity index (χ3n) is 12.9. The fraction of sp³-hybridized carbons (Fsp3) is 0.476. The molecule has 7 N–H and O–H groups in total. The first kappa shape index (κ1) is 48.4. The van der Waals surface area contributed by atoms with E-state index in [2.05, 4.69) is 10.6 Å². The number of fused-ring (bicyclic) bond motifs is 5. The molecule has 59 heavy (non-hydrogen) atoms. The Kier molecular flexibility index (Phi) is 15.3. The molecular weight excluding hydrogens is 1210 g/mol. The van der Waals surface area contributed by atoms with Gasteiger partial charge in [0.2, 0.25) is 0 Å². The first-order valence-electron chi connectivity index (χ1n) is 18.9. The van der Waals surface area contributed by atoms with Crippen LogP contribution in [0.5, 0.6) is 0 Å². The van der Waals surface area contributed by atoms with Crippen molar-refractivity contribution in [3.63, 3.8) is 0 Å². The average Bonchev–Trinajstić information content (AvgIpc) is 3.73. The van der Waals surface area contributed by atoms with Gasteiger partial charge in [0.05, 0.1) is 29.8 Å². The van der Waals surface area contributed by atoms with Crippen LogP contribution in [0.15, 0.2) is 89.3 Å². The predicted octanol–water partition coefficient (Wildman–Crippen LogP) is 2.73. The van der Waals surface area contributed by atoms with Gasteiger partial charge in [-0.05, 0) is 54.1 Å². The molecule has 11 atom stereocenters. The number of urea groups is 1. The van der Waals surface area contributed by atoms with Crippen molar-refractivity contribution in [1.29, 1.82) is 0 Å². The maximum Gasteiger partial charge on any atom is 0.338 e. The molecule has 17 heteroatoms. The van der Waals surface area contributed by atoms with Crippen molar-refractivity contribution < 1.29 is 147 Å². The van der Waals surface area contributed by atoms with E-state index in [0.717, 1.165) is 5.56 Å². The molecule has 3 aromatic rings. The number of aliphatic hydroxyl groups excluding tert-OH is 3. The van der Waals surface area contributed by atoms with Gasteiger partial charge in [0.15, 0.2) is 11.9 Å². The molecule has 2 aromatic carbocycles. The molecule has 4 aliphatic rings. The summed E-state index contributed by atoms with van der Waals surface area (Å²) in [5.41, 5.74) is -6.67. The molecule has 0 spiro atoms. The summed E-state index contributed by atoms with van der Waals surface area (Å²) >= 11 is 1.18. The molecule has 2 heterocycles. The topological polar surface area (TPSA) is 221 Å². The van der Waals surface area contributed by atoms with Crippen molar-refractivity contribution in [2.75, 3.05) is 6.61 Å². The summed E-state index contributed by atoms with van der Waals surface area (Å²) in [4.78, 5) is 56.2. The molecular formula is C42H48Ac2N2O12S. The van der Waals surface area contributed by atoms with E-state index < -0.39 is 101 Å². The molecule has 1 saturated heterocycles. The molecule has 2 amide bonds. The molecule has 3 fully saturated rings. The zero-order valence-corrected chi connectivity index (χ0v) is 43.4. The van der Waals surface area contributed by atoms with Gasteiger partial charge in [0.1, 0.15) is 35.6 Å². The summed E-state index contributed by atoms with van der Waals surface area (Å²) in [5.74, 6) is -4.49. The number of benzene rings is 2. The minimum Gasteiger partial charge on any atom is -0.456 e. The van der Waals surface area contributed by atoms with E-state index >= 15 is 0 Å². The van der Waals surface area contributed by atoms with Gasteiger partial charge in [-0.25, -0.2) is 14.4 Å². The van der Waals surface area contributed by atoms with Gasteiger partial charge >= 0.3 is 18.0 Å². The zero-order chi connectivity index (χ0) is 41.1. The van der Waals surface area contributed by atoms with E-state index in [1.807, 2.05) is 30.3 Å². The second-order valence-corrected chi connectivity index (χ2v) is 17.3. The summed E-state index contributed by atoms with van der Waals surface area (Å²) in [6.07, 6.45) is -10.2. The number of hydrogen-bond acceptors (Lipinski definition) is 13. The third kappa shape index (κ3) is 8.47. The molecule has 1 aromatic heterocycles. The molecule has 7 rings (SSSR count). The number of Topliss-reactive ketones (excluding diaryl/α,β-unsaturated/α-hetero) is 1. The summed E-state index contributed by atoms with van der Waals surface area (Å²) in [6.45, 7) is 5.89. The first-order valence-corrected chi connectivity index (χ1v) is 19.8. The van der Waals surface area contributed by atoms with Crippen molar-refractivity contribution in [2.24, 2.45) is 16.7 Å². The van der Waals surface area contributed by atoms with Crippen molar-refractivity contribution in [1.82, 2.24) is 10.6 Å². The number of hydrogen-bond donors (Lipinski definition) is 7. The number of amides is 2. The Hall–Kier alpha value is -1.60. The Morgan fingerprint density at radius 3 is 2.19 bits per heavy atom. The van der Waals surface area contributed by atoms with E-state index in [4.69, 9.17) is 14.2 Å².